The van der Waals surface area contributed by atoms with E-state index in [0.717, 1.165) is 16.7 Å². The number of thiazole rings is 1. The van der Waals surface area contributed by atoms with E-state index in [4.69, 9.17) is 0 Å². The molecule has 2 N–H and O–H groups in total. The predicted molar refractivity (Wildman–Crippen MR) is 114 cm³/mol. The Morgan fingerprint density at radius 2 is 1.86 bits per heavy atom. The van der Waals surface area contributed by atoms with Crippen LogP contribution in [-0.2, 0) is 14.8 Å². The van der Waals surface area contributed by atoms with Gasteiger partial charge in [-0.2, -0.15) is 0 Å². The fourth-order valence-corrected chi connectivity index (χ4v) is 4.61. The number of nitrogens with one attached hydrogen (secondary N) is 2. The third-order valence-electron chi connectivity index (χ3n) is 4.22. The number of hydrogen-bond donors (Lipinski definition) is 2. The maximum absolute atomic E-state index is 12.7. The zero-order chi connectivity index (χ0) is 20.3. The van der Waals surface area contributed by atoms with Crippen LogP contribution in [0.4, 0.5) is 10.8 Å². The van der Waals surface area contributed by atoms with Crippen LogP contribution in [0.1, 0.15) is 45.1 Å². The van der Waals surface area contributed by atoms with Gasteiger partial charge in [-0.05, 0) is 48.2 Å². The van der Waals surface area contributed by atoms with Gasteiger partial charge >= 0.3 is 0 Å². The number of rotatable bonds is 7. The standard InChI is InChI=1S/C20H23N3O3S2/c1-4-5-19(24)22-20-21-17-12-15(8-11-18(17)27-20)23-28(25,26)16-9-6-14(7-10-16)13(2)3/h6-13,23H,4-5H2,1-3H3,(H,21,22,24). The van der Waals surface area contributed by atoms with Gasteiger partial charge in [-0.25, -0.2) is 13.4 Å². The van der Waals surface area contributed by atoms with Gasteiger partial charge in [-0.1, -0.05) is 44.2 Å². The maximum atomic E-state index is 12.7. The zero-order valence-corrected chi connectivity index (χ0v) is 17.7. The van der Waals surface area contributed by atoms with Gasteiger partial charge in [-0.15, -0.1) is 0 Å². The Balaban J connectivity index is 1.80. The molecule has 0 atom stereocenters. The second kappa shape index (κ2) is 8.28. The van der Waals surface area contributed by atoms with Crippen LogP contribution in [0.15, 0.2) is 47.4 Å². The van der Waals surface area contributed by atoms with Crippen LogP contribution in [0.2, 0.25) is 0 Å². The monoisotopic (exact) mass is 417 g/mol. The van der Waals surface area contributed by atoms with Gasteiger partial charge in [0.1, 0.15) is 0 Å². The lowest BCUT2D eigenvalue weighted by Gasteiger charge is -2.10. The van der Waals surface area contributed by atoms with E-state index >= 15 is 0 Å². The molecule has 1 heterocycles. The zero-order valence-electron chi connectivity index (χ0n) is 16.0. The normalized spacial score (nSPS) is 11.7. The number of carbonyl (C=O) groups excluding carboxylic acids is 1. The van der Waals surface area contributed by atoms with Gasteiger partial charge in [0.05, 0.1) is 20.8 Å². The second-order valence-electron chi connectivity index (χ2n) is 6.83. The van der Waals surface area contributed by atoms with E-state index < -0.39 is 10.0 Å². The number of nitrogens with zero attached hydrogens (tertiary/aromatic N) is 1. The first-order chi connectivity index (χ1) is 13.3. The van der Waals surface area contributed by atoms with Crippen LogP contribution in [-0.4, -0.2) is 19.3 Å². The van der Waals surface area contributed by atoms with Crippen LogP contribution >= 0.6 is 11.3 Å². The average Bonchev–Trinajstić information content (AvgIpc) is 3.03. The first-order valence-electron chi connectivity index (χ1n) is 9.11. The topological polar surface area (TPSA) is 88.2 Å². The molecule has 8 heteroatoms. The summed E-state index contributed by atoms with van der Waals surface area (Å²) in [7, 11) is -3.69. The third-order valence-corrected chi connectivity index (χ3v) is 6.57. The van der Waals surface area contributed by atoms with E-state index in [9.17, 15) is 13.2 Å². The summed E-state index contributed by atoms with van der Waals surface area (Å²) in [4.78, 5) is 16.3. The summed E-state index contributed by atoms with van der Waals surface area (Å²) in [5, 5.41) is 3.28. The molecule has 0 bridgehead atoms. The van der Waals surface area contributed by atoms with Gasteiger partial charge in [0, 0.05) is 6.42 Å². The molecule has 3 aromatic rings. The number of aromatic nitrogens is 1. The summed E-state index contributed by atoms with van der Waals surface area (Å²) >= 11 is 1.36. The number of amides is 1. The number of hydrogen-bond acceptors (Lipinski definition) is 5. The summed E-state index contributed by atoms with van der Waals surface area (Å²) in [5.74, 6) is 0.260. The van der Waals surface area contributed by atoms with Gasteiger partial charge in [-0.3, -0.25) is 9.52 Å². The third kappa shape index (κ3) is 4.69. The Morgan fingerprint density at radius 1 is 1.14 bits per heavy atom. The highest BCUT2D eigenvalue weighted by Gasteiger charge is 2.15. The van der Waals surface area contributed by atoms with Gasteiger partial charge < -0.3 is 5.32 Å². The van der Waals surface area contributed by atoms with E-state index in [1.54, 1.807) is 30.3 Å². The molecule has 0 spiro atoms. The first kappa shape index (κ1) is 20.3. The quantitative estimate of drug-likeness (QED) is 0.569. The molecule has 0 saturated heterocycles. The number of carbonyl (C=O) groups is 1. The van der Waals surface area contributed by atoms with Crippen molar-refractivity contribution >= 4 is 48.3 Å². The van der Waals surface area contributed by atoms with Crippen molar-refractivity contribution in [1.29, 1.82) is 0 Å². The molecule has 0 aliphatic heterocycles. The summed E-state index contributed by atoms with van der Waals surface area (Å²) in [5.41, 5.74) is 2.14. The highest BCUT2D eigenvalue weighted by Crippen LogP contribution is 2.29. The van der Waals surface area contributed by atoms with Crippen LogP contribution in [0.3, 0.4) is 0 Å². The largest absolute Gasteiger partial charge is 0.302 e. The Kier molecular flexibility index (Phi) is 6.00. The second-order valence-corrected chi connectivity index (χ2v) is 9.54. The summed E-state index contributed by atoms with van der Waals surface area (Å²) in [6.45, 7) is 6.06. The van der Waals surface area contributed by atoms with E-state index in [1.807, 2.05) is 19.1 Å². The number of fused-ring (bicyclic) bond motifs is 1. The lowest BCUT2D eigenvalue weighted by atomic mass is 10.0. The minimum atomic E-state index is -3.69. The van der Waals surface area contributed by atoms with Gasteiger partial charge in [0.25, 0.3) is 10.0 Å². The van der Waals surface area contributed by atoms with Gasteiger partial charge in [0.2, 0.25) is 5.91 Å². The van der Waals surface area contributed by atoms with Crippen molar-refractivity contribution in [3.63, 3.8) is 0 Å². The molecule has 0 fully saturated rings. The summed E-state index contributed by atoms with van der Waals surface area (Å²) in [6, 6.07) is 12.0. The predicted octanol–water partition coefficient (Wildman–Crippen LogP) is 4.96. The molecule has 0 radical (unpaired) electrons. The molecule has 1 aromatic heterocycles. The molecule has 0 aliphatic rings. The number of benzene rings is 2. The molecule has 0 unspecified atom stereocenters. The van der Waals surface area contributed by atoms with Crippen molar-refractivity contribution in [2.75, 3.05) is 10.0 Å². The number of sulfonamides is 1. The smallest absolute Gasteiger partial charge is 0.261 e. The van der Waals surface area contributed by atoms with Crippen LogP contribution < -0.4 is 10.0 Å². The van der Waals surface area contributed by atoms with Crippen LogP contribution in [0, 0.1) is 0 Å². The highest BCUT2D eigenvalue weighted by atomic mass is 32.2. The number of anilines is 2. The minimum Gasteiger partial charge on any atom is -0.302 e. The van der Waals surface area contributed by atoms with Crippen molar-refractivity contribution in [3.05, 3.63) is 48.0 Å². The lowest BCUT2D eigenvalue weighted by Crippen LogP contribution is -2.13. The van der Waals surface area contributed by atoms with Gasteiger partial charge in [0.15, 0.2) is 5.13 Å². The average molecular weight is 418 g/mol. The fraction of sp³-hybridized carbons (Fsp3) is 0.300. The van der Waals surface area contributed by atoms with Crippen LogP contribution in [0.5, 0.6) is 0 Å². The van der Waals surface area contributed by atoms with E-state index in [0.29, 0.717) is 28.7 Å². The Hall–Kier alpha value is -2.45. The summed E-state index contributed by atoms with van der Waals surface area (Å²) in [6.07, 6.45) is 1.21. The molecule has 3 rings (SSSR count). The van der Waals surface area contributed by atoms with E-state index in [-0.39, 0.29) is 10.8 Å². The first-order valence-corrected chi connectivity index (χ1v) is 11.4. The maximum Gasteiger partial charge on any atom is 0.261 e. The molecule has 0 saturated carbocycles. The molecule has 6 nitrogen and oxygen atoms in total. The van der Waals surface area contributed by atoms with E-state index in [1.165, 1.54) is 11.3 Å². The Labute approximate surface area is 169 Å². The Morgan fingerprint density at radius 3 is 2.50 bits per heavy atom. The van der Waals surface area contributed by atoms with E-state index in [2.05, 4.69) is 28.9 Å². The van der Waals surface area contributed by atoms with Crippen molar-refractivity contribution in [2.24, 2.45) is 0 Å². The molecule has 28 heavy (non-hydrogen) atoms. The SMILES string of the molecule is CCCC(=O)Nc1nc2cc(NS(=O)(=O)c3ccc(C(C)C)cc3)ccc2s1. The summed E-state index contributed by atoms with van der Waals surface area (Å²) < 4.78 is 28.8. The van der Waals surface area contributed by atoms with Crippen molar-refractivity contribution in [2.45, 2.75) is 44.4 Å². The van der Waals surface area contributed by atoms with Crippen molar-refractivity contribution < 1.29 is 13.2 Å². The fourth-order valence-electron chi connectivity index (χ4n) is 2.70. The molecule has 0 aliphatic carbocycles. The molecular formula is C20H23N3O3S2. The molecular weight excluding hydrogens is 394 g/mol. The Bertz CT molecular complexity index is 1090. The molecule has 1 amide bonds. The lowest BCUT2D eigenvalue weighted by molar-refractivity contribution is -0.116. The molecule has 2 aromatic carbocycles. The highest BCUT2D eigenvalue weighted by molar-refractivity contribution is 7.92. The van der Waals surface area contributed by atoms with Crippen LogP contribution in [0.25, 0.3) is 10.2 Å². The minimum absolute atomic E-state index is 0.0765. The van der Waals surface area contributed by atoms with Crippen molar-refractivity contribution in [1.82, 2.24) is 4.98 Å². The molecule has 148 valence electrons. The van der Waals surface area contributed by atoms with Crippen molar-refractivity contribution in [3.8, 4) is 0 Å².